The number of hydrogen-bond donors (Lipinski definition) is 1. The van der Waals surface area contributed by atoms with Crippen molar-refractivity contribution in [1.82, 2.24) is 0 Å². The van der Waals surface area contributed by atoms with Gasteiger partial charge in [0.2, 0.25) is 0 Å². The van der Waals surface area contributed by atoms with Gasteiger partial charge in [-0.3, -0.25) is 4.79 Å². The predicted molar refractivity (Wildman–Crippen MR) is 116 cm³/mol. The number of anilines is 1. The minimum absolute atomic E-state index is 0.298. The Hall–Kier alpha value is -2.05. The van der Waals surface area contributed by atoms with E-state index in [4.69, 9.17) is 21.1 Å². The zero-order valence-corrected chi connectivity index (χ0v) is 18.5. The third-order valence-corrected chi connectivity index (χ3v) is 6.39. The molecule has 7 heteroatoms. The van der Waals surface area contributed by atoms with Gasteiger partial charge in [0, 0.05) is 9.90 Å². The Balaban J connectivity index is 1.80. The van der Waals surface area contributed by atoms with Crippen molar-refractivity contribution in [3.8, 4) is 5.75 Å². The van der Waals surface area contributed by atoms with Crippen LogP contribution < -0.4 is 10.1 Å². The molecule has 156 valence electrons. The quantitative estimate of drug-likeness (QED) is 0.476. The van der Waals surface area contributed by atoms with E-state index in [0.29, 0.717) is 27.9 Å². The van der Waals surface area contributed by atoms with Gasteiger partial charge in [-0.1, -0.05) is 18.0 Å². The van der Waals surface area contributed by atoms with E-state index in [2.05, 4.69) is 5.32 Å². The lowest BCUT2D eigenvalue weighted by molar-refractivity contribution is -0.122. The molecule has 2 aromatic rings. The van der Waals surface area contributed by atoms with Gasteiger partial charge in [-0.25, -0.2) is 4.79 Å². The van der Waals surface area contributed by atoms with Gasteiger partial charge in [-0.2, -0.15) is 0 Å². The van der Waals surface area contributed by atoms with Crippen LogP contribution in [0.2, 0.25) is 5.02 Å². The van der Waals surface area contributed by atoms with E-state index in [1.165, 1.54) is 16.2 Å². The first kappa shape index (κ1) is 21.7. The van der Waals surface area contributed by atoms with E-state index in [1.807, 2.05) is 6.92 Å². The van der Waals surface area contributed by atoms with Crippen molar-refractivity contribution >= 4 is 39.8 Å². The smallest absolute Gasteiger partial charge is 0.341 e. The fraction of sp³-hybridized carbons (Fsp3) is 0.455. The van der Waals surface area contributed by atoms with E-state index in [9.17, 15) is 9.59 Å². The second-order valence-corrected chi connectivity index (χ2v) is 8.69. The minimum atomic E-state index is -0.730. The lowest BCUT2D eigenvalue weighted by Crippen LogP contribution is -2.30. The number of amides is 1. The van der Waals surface area contributed by atoms with Gasteiger partial charge in [0.1, 0.15) is 10.8 Å². The summed E-state index contributed by atoms with van der Waals surface area (Å²) >= 11 is 7.46. The van der Waals surface area contributed by atoms with Crippen LogP contribution in [-0.2, 0) is 22.4 Å². The first-order valence-electron chi connectivity index (χ1n) is 9.96. The number of halogens is 1. The Morgan fingerprint density at radius 3 is 2.72 bits per heavy atom. The van der Waals surface area contributed by atoms with Gasteiger partial charge in [0.05, 0.1) is 12.2 Å². The number of thiophene rings is 1. The third-order valence-electron chi connectivity index (χ3n) is 4.95. The van der Waals surface area contributed by atoms with Crippen LogP contribution in [0.25, 0.3) is 0 Å². The average molecular weight is 436 g/mol. The summed E-state index contributed by atoms with van der Waals surface area (Å²) in [5.74, 6) is -0.0738. The molecule has 0 radical (unpaired) electrons. The molecule has 0 saturated heterocycles. The number of benzene rings is 1. The van der Waals surface area contributed by atoms with E-state index >= 15 is 0 Å². The fourth-order valence-electron chi connectivity index (χ4n) is 3.45. The molecular formula is C22H26ClNO4S. The summed E-state index contributed by atoms with van der Waals surface area (Å²) in [4.78, 5) is 26.6. The van der Waals surface area contributed by atoms with E-state index < -0.39 is 6.10 Å². The zero-order chi connectivity index (χ0) is 21.0. The molecule has 0 saturated carbocycles. The van der Waals surface area contributed by atoms with Gasteiger partial charge in [0.15, 0.2) is 6.10 Å². The van der Waals surface area contributed by atoms with Crippen molar-refractivity contribution in [2.24, 2.45) is 0 Å². The Morgan fingerprint density at radius 1 is 1.24 bits per heavy atom. The van der Waals surface area contributed by atoms with Crippen molar-refractivity contribution in [2.45, 2.75) is 59.0 Å². The lowest BCUT2D eigenvalue weighted by atomic mass is 10.1. The Kier molecular flexibility index (Phi) is 7.19. The normalized spacial score (nSPS) is 14.5. The monoisotopic (exact) mass is 435 g/mol. The number of fused-ring (bicyclic) bond motifs is 1. The summed E-state index contributed by atoms with van der Waals surface area (Å²) in [6, 6.07) is 5.26. The van der Waals surface area contributed by atoms with Crippen molar-refractivity contribution in [2.75, 3.05) is 11.9 Å². The van der Waals surface area contributed by atoms with Crippen molar-refractivity contribution in [3.63, 3.8) is 0 Å². The van der Waals surface area contributed by atoms with Crippen LogP contribution in [0.3, 0.4) is 0 Å². The molecule has 1 aliphatic rings. The number of nitrogens with one attached hydrogen (secondary N) is 1. The Morgan fingerprint density at radius 2 is 2.00 bits per heavy atom. The van der Waals surface area contributed by atoms with Gasteiger partial charge >= 0.3 is 5.97 Å². The molecule has 0 spiro atoms. The fourth-order valence-corrected chi connectivity index (χ4v) is 4.96. The highest BCUT2D eigenvalue weighted by Gasteiger charge is 2.28. The number of carbonyl (C=O) groups is 2. The largest absolute Gasteiger partial charge is 0.481 e. The summed E-state index contributed by atoms with van der Waals surface area (Å²) in [5, 5.41) is 4.08. The van der Waals surface area contributed by atoms with E-state index in [1.54, 1.807) is 32.0 Å². The van der Waals surface area contributed by atoms with Crippen LogP contribution in [-0.4, -0.2) is 24.6 Å². The van der Waals surface area contributed by atoms with Crippen LogP contribution in [0.4, 0.5) is 5.00 Å². The Bertz CT molecular complexity index is 908. The molecule has 29 heavy (non-hydrogen) atoms. The summed E-state index contributed by atoms with van der Waals surface area (Å²) in [6.45, 7) is 5.64. The standard InChI is InChI=1S/C22H26ClNO4S/c1-4-27-22(26)19-16-8-6-5-7-9-18(16)29-21(19)24-20(25)14(3)28-17-11-10-15(23)12-13(17)2/h10-12,14H,4-9H2,1-3H3,(H,24,25)/t14-/m0/s1. The number of esters is 1. The number of carbonyl (C=O) groups excluding carboxylic acids is 2. The van der Waals surface area contributed by atoms with Crippen LogP contribution in [0.1, 0.15) is 59.5 Å². The molecular weight excluding hydrogens is 410 g/mol. The molecule has 1 aromatic heterocycles. The van der Waals surface area contributed by atoms with Gasteiger partial charge in [0.25, 0.3) is 5.91 Å². The van der Waals surface area contributed by atoms with Crippen molar-refractivity contribution in [1.29, 1.82) is 0 Å². The summed E-state index contributed by atoms with van der Waals surface area (Å²) in [5.41, 5.74) is 2.40. The van der Waals surface area contributed by atoms with Gasteiger partial charge in [-0.15, -0.1) is 11.3 Å². The van der Waals surface area contributed by atoms with Crippen molar-refractivity contribution < 1.29 is 19.1 Å². The summed E-state index contributed by atoms with van der Waals surface area (Å²) in [6.07, 6.45) is 4.32. The second-order valence-electron chi connectivity index (χ2n) is 7.15. The Labute approximate surface area is 180 Å². The molecule has 0 bridgehead atoms. The highest BCUT2D eigenvalue weighted by Crippen LogP contribution is 2.38. The highest BCUT2D eigenvalue weighted by atomic mass is 35.5. The zero-order valence-electron chi connectivity index (χ0n) is 17.0. The van der Waals surface area contributed by atoms with Crippen LogP contribution in [0, 0.1) is 6.92 Å². The number of aryl methyl sites for hydroxylation is 2. The number of rotatable bonds is 6. The van der Waals surface area contributed by atoms with Crippen LogP contribution >= 0.6 is 22.9 Å². The number of hydrogen-bond acceptors (Lipinski definition) is 5. The molecule has 1 N–H and O–H groups in total. The third kappa shape index (κ3) is 5.11. The van der Waals surface area contributed by atoms with Crippen molar-refractivity contribution in [3.05, 3.63) is 44.8 Å². The molecule has 1 heterocycles. The second kappa shape index (κ2) is 9.63. The van der Waals surface area contributed by atoms with Gasteiger partial charge in [-0.05, 0) is 75.8 Å². The average Bonchev–Trinajstić information content (AvgIpc) is 2.84. The minimum Gasteiger partial charge on any atom is -0.481 e. The molecule has 5 nitrogen and oxygen atoms in total. The molecule has 1 amide bonds. The van der Waals surface area contributed by atoms with Crippen LogP contribution in [0.15, 0.2) is 18.2 Å². The number of ether oxygens (including phenoxy) is 2. The molecule has 1 atom stereocenters. The predicted octanol–water partition coefficient (Wildman–Crippen LogP) is 5.56. The van der Waals surface area contributed by atoms with E-state index in [0.717, 1.165) is 43.2 Å². The first-order chi connectivity index (χ1) is 13.9. The van der Waals surface area contributed by atoms with Crippen LogP contribution in [0.5, 0.6) is 5.75 Å². The molecule has 0 aliphatic heterocycles. The molecule has 0 fully saturated rings. The molecule has 1 aliphatic carbocycles. The van der Waals surface area contributed by atoms with Gasteiger partial charge < -0.3 is 14.8 Å². The first-order valence-corrected chi connectivity index (χ1v) is 11.2. The maximum atomic E-state index is 12.8. The topological polar surface area (TPSA) is 64.6 Å². The molecule has 3 rings (SSSR count). The maximum Gasteiger partial charge on any atom is 0.341 e. The molecule has 1 aromatic carbocycles. The lowest BCUT2D eigenvalue weighted by Gasteiger charge is -2.16. The molecule has 0 unspecified atom stereocenters. The summed E-state index contributed by atoms with van der Waals surface area (Å²) in [7, 11) is 0. The highest BCUT2D eigenvalue weighted by molar-refractivity contribution is 7.17. The maximum absolute atomic E-state index is 12.8. The summed E-state index contributed by atoms with van der Waals surface area (Å²) < 4.78 is 11.1. The SMILES string of the molecule is CCOC(=O)c1c(NC(=O)[C@H](C)Oc2ccc(Cl)cc2C)sc2c1CCCCC2. The van der Waals surface area contributed by atoms with E-state index in [-0.39, 0.29) is 11.9 Å².